The van der Waals surface area contributed by atoms with Gasteiger partial charge >= 0.3 is 6.03 Å². The number of nitrogens with two attached hydrogens (primary N) is 1. The van der Waals surface area contributed by atoms with Crippen LogP contribution in [-0.2, 0) is 42.2 Å². The van der Waals surface area contributed by atoms with Gasteiger partial charge < -0.3 is 15.9 Å². The van der Waals surface area contributed by atoms with Gasteiger partial charge in [0.25, 0.3) is 0 Å². The van der Waals surface area contributed by atoms with Crippen LogP contribution in [0.5, 0.6) is 0 Å². The van der Waals surface area contributed by atoms with Gasteiger partial charge in [-0.3, -0.25) is 5.14 Å². The molecule has 1 atom stereocenters. The number of rotatable bonds is 3. The Hall–Kier alpha value is -2.20. The van der Waals surface area contributed by atoms with Crippen molar-refractivity contribution in [2.24, 2.45) is 9.50 Å². The Morgan fingerprint density at radius 3 is 2.19 bits per heavy atom. The van der Waals surface area contributed by atoms with E-state index in [1.165, 1.54) is 18.2 Å². The molecule has 4 rings (SSSR count). The Morgan fingerprint density at radius 2 is 1.65 bits per heavy atom. The fraction of sp³-hybridized carbons (Fsp3) is 0.409. The first-order valence-electron chi connectivity index (χ1n) is 10.1. The van der Waals surface area contributed by atoms with Gasteiger partial charge in [0, 0.05) is 16.6 Å². The Kier molecular flexibility index (Phi) is 6.61. The van der Waals surface area contributed by atoms with Gasteiger partial charge in [-0.15, -0.1) is 0 Å². The third-order valence-electron chi connectivity index (χ3n) is 5.85. The lowest BCUT2D eigenvalue weighted by Gasteiger charge is -2.19. The fourth-order valence-corrected chi connectivity index (χ4v) is 5.19. The number of nitrogens with zero attached hydrogens (tertiary/aromatic N) is 1. The minimum atomic E-state index is -1.54. The lowest BCUT2D eigenvalue weighted by Crippen LogP contribution is -2.18. The number of benzene rings is 2. The molecule has 168 valence electrons. The van der Waals surface area contributed by atoms with Crippen LogP contribution in [0.3, 0.4) is 0 Å². The summed E-state index contributed by atoms with van der Waals surface area (Å²) in [4.78, 5) is 12.7. The largest absolute Gasteiger partial charge is 0.412 e. The van der Waals surface area contributed by atoms with Gasteiger partial charge in [-0.05, 0) is 92.3 Å². The average Bonchev–Trinajstić information content (AvgIpc) is 3.34. The zero-order chi connectivity index (χ0) is 21.6. The molecular formula is C22H27F2N3O3S. The van der Waals surface area contributed by atoms with E-state index in [2.05, 4.69) is 9.68 Å². The van der Waals surface area contributed by atoms with Gasteiger partial charge in [0.2, 0.25) is 0 Å². The maximum Gasteiger partial charge on any atom is 0.352 e. The smallest absolute Gasteiger partial charge is 0.352 e. The molecule has 31 heavy (non-hydrogen) atoms. The van der Waals surface area contributed by atoms with Gasteiger partial charge in [0.15, 0.2) is 0 Å². The first-order valence-corrected chi connectivity index (χ1v) is 11.3. The van der Waals surface area contributed by atoms with Crippen LogP contribution < -0.4 is 10.5 Å². The molecule has 0 aromatic heterocycles. The summed E-state index contributed by atoms with van der Waals surface area (Å²) in [5.41, 5.74) is 3.06. The summed E-state index contributed by atoms with van der Waals surface area (Å²) in [5.74, 6) is -0.706. The molecule has 2 aliphatic carbocycles. The second kappa shape index (κ2) is 8.74. The SMILES string of the molecule is CC(C)(O)c1ccc(F)c(S(N)=NC(=O)Nc2c3c(c(F)c4c2CCC4)CCC3)c1.O. The summed E-state index contributed by atoms with van der Waals surface area (Å²) in [5, 5.41) is 19.0. The van der Waals surface area contributed by atoms with E-state index in [-0.39, 0.29) is 16.2 Å². The molecule has 6 nitrogen and oxygen atoms in total. The third-order valence-corrected chi connectivity index (χ3v) is 6.97. The van der Waals surface area contributed by atoms with Crippen LogP contribution in [0, 0.1) is 11.6 Å². The molecule has 6 N–H and O–H groups in total. The minimum Gasteiger partial charge on any atom is -0.412 e. The van der Waals surface area contributed by atoms with E-state index in [0.29, 0.717) is 48.1 Å². The number of hydrogen-bond donors (Lipinski definition) is 3. The summed E-state index contributed by atoms with van der Waals surface area (Å²) in [6, 6.07) is 3.44. The molecule has 1 unspecified atom stereocenters. The molecule has 0 saturated heterocycles. The van der Waals surface area contributed by atoms with Crippen molar-refractivity contribution in [2.45, 2.75) is 62.9 Å². The number of carbonyl (C=O) groups excluding carboxylic acids is 1. The Labute approximate surface area is 182 Å². The molecule has 2 aromatic rings. The highest BCUT2D eigenvalue weighted by Gasteiger charge is 2.29. The van der Waals surface area contributed by atoms with E-state index in [4.69, 9.17) is 5.14 Å². The van der Waals surface area contributed by atoms with Crippen molar-refractivity contribution in [1.29, 1.82) is 0 Å². The lowest BCUT2D eigenvalue weighted by molar-refractivity contribution is 0.0782. The van der Waals surface area contributed by atoms with E-state index in [0.717, 1.165) is 24.0 Å². The van der Waals surface area contributed by atoms with Crippen molar-refractivity contribution in [3.05, 3.63) is 57.7 Å². The standard InChI is InChI=1S/C22H25F2N3O2S.H2O/c1-22(2,29)12-9-10-17(23)18(11-12)30(25)27-21(28)26-20-15-7-3-5-13(15)19(24)14-6-4-8-16(14)20;/h9-11,29H,3-8H2,1-2H3,(H3,25,26,27,28);1H2. The van der Waals surface area contributed by atoms with E-state index < -0.39 is 28.3 Å². The van der Waals surface area contributed by atoms with E-state index >= 15 is 0 Å². The summed E-state index contributed by atoms with van der Waals surface area (Å²) >= 11 is 0. The van der Waals surface area contributed by atoms with Crippen LogP contribution in [-0.4, -0.2) is 16.6 Å². The molecule has 0 bridgehead atoms. The number of carbonyl (C=O) groups is 1. The van der Waals surface area contributed by atoms with Crippen LogP contribution in [0.1, 0.15) is 54.5 Å². The molecule has 2 aromatic carbocycles. The highest BCUT2D eigenvalue weighted by atomic mass is 32.2. The molecule has 0 aliphatic heterocycles. The molecule has 9 heteroatoms. The lowest BCUT2D eigenvalue weighted by atomic mass is 9.98. The van der Waals surface area contributed by atoms with Crippen molar-refractivity contribution < 1.29 is 24.2 Å². The second-order valence-electron chi connectivity index (χ2n) is 8.35. The van der Waals surface area contributed by atoms with Crippen molar-refractivity contribution in [1.82, 2.24) is 0 Å². The molecular weight excluding hydrogens is 424 g/mol. The van der Waals surface area contributed by atoms with Gasteiger partial charge in [-0.1, -0.05) is 6.07 Å². The Bertz CT molecular complexity index is 1050. The van der Waals surface area contributed by atoms with Crippen LogP contribution in [0.25, 0.3) is 0 Å². The average molecular weight is 452 g/mol. The van der Waals surface area contributed by atoms with Crippen LogP contribution in [0.4, 0.5) is 19.3 Å². The van der Waals surface area contributed by atoms with Crippen LogP contribution >= 0.6 is 0 Å². The minimum absolute atomic E-state index is 0. The van der Waals surface area contributed by atoms with E-state index in [9.17, 15) is 18.7 Å². The van der Waals surface area contributed by atoms with Crippen LogP contribution in [0.2, 0.25) is 0 Å². The number of halogens is 2. The maximum absolute atomic E-state index is 14.8. The monoisotopic (exact) mass is 451 g/mol. The topological polar surface area (TPSA) is 119 Å². The maximum atomic E-state index is 14.8. The number of aliphatic hydroxyl groups is 1. The summed E-state index contributed by atoms with van der Waals surface area (Å²) < 4.78 is 33.0. The molecule has 0 heterocycles. The van der Waals surface area contributed by atoms with Crippen molar-refractivity contribution in [3.63, 3.8) is 0 Å². The molecule has 0 radical (unpaired) electrons. The quantitative estimate of drug-likeness (QED) is 0.661. The van der Waals surface area contributed by atoms with Crippen molar-refractivity contribution >= 4 is 22.6 Å². The first kappa shape index (κ1) is 23.5. The van der Waals surface area contributed by atoms with Crippen molar-refractivity contribution in [2.75, 3.05) is 5.32 Å². The molecule has 0 fully saturated rings. The summed E-state index contributed by atoms with van der Waals surface area (Å²) in [7, 11) is -1.54. The fourth-order valence-electron chi connectivity index (χ4n) is 4.35. The highest BCUT2D eigenvalue weighted by molar-refractivity contribution is 7.85. The molecule has 0 saturated carbocycles. The zero-order valence-corrected chi connectivity index (χ0v) is 18.3. The normalized spacial score (nSPS) is 15.9. The second-order valence-corrected chi connectivity index (χ2v) is 9.60. The third kappa shape index (κ3) is 4.41. The van der Waals surface area contributed by atoms with Gasteiger partial charge in [0.05, 0.1) is 10.5 Å². The Balaban J connectivity index is 0.00000272. The van der Waals surface area contributed by atoms with E-state index in [1.54, 1.807) is 13.8 Å². The molecule has 2 amide bonds. The first-order chi connectivity index (χ1) is 14.2. The number of anilines is 1. The zero-order valence-electron chi connectivity index (χ0n) is 17.5. The molecule has 0 spiro atoms. The van der Waals surface area contributed by atoms with Gasteiger partial charge in [-0.2, -0.15) is 4.36 Å². The van der Waals surface area contributed by atoms with Crippen molar-refractivity contribution in [3.8, 4) is 0 Å². The number of amides is 2. The Morgan fingerprint density at radius 1 is 1.10 bits per heavy atom. The summed E-state index contributed by atoms with van der Waals surface area (Å²) in [6.07, 6.45) is 4.48. The van der Waals surface area contributed by atoms with Gasteiger partial charge in [-0.25, -0.2) is 13.6 Å². The predicted molar refractivity (Wildman–Crippen MR) is 117 cm³/mol. The number of hydrogen-bond acceptors (Lipinski definition) is 2. The van der Waals surface area contributed by atoms with Gasteiger partial charge in [0.1, 0.15) is 11.6 Å². The summed E-state index contributed by atoms with van der Waals surface area (Å²) in [6.45, 7) is 3.16. The number of fused-ring (bicyclic) bond motifs is 2. The number of nitrogens with one attached hydrogen (secondary N) is 1. The predicted octanol–water partition coefficient (Wildman–Crippen LogP) is 3.61. The number of urea groups is 1. The highest BCUT2D eigenvalue weighted by Crippen LogP contribution is 2.41. The van der Waals surface area contributed by atoms with E-state index in [1.807, 2.05) is 0 Å². The molecule has 2 aliphatic rings. The van der Waals surface area contributed by atoms with Crippen LogP contribution in [0.15, 0.2) is 27.5 Å².